The van der Waals surface area contributed by atoms with Crippen molar-refractivity contribution in [3.63, 3.8) is 0 Å². The summed E-state index contributed by atoms with van der Waals surface area (Å²) in [6, 6.07) is 6.07. The maximum absolute atomic E-state index is 12.8. The molecule has 0 aliphatic carbocycles. The first-order valence-corrected chi connectivity index (χ1v) is 5.23. The largest absolute Gasteiger partial charge is 0.493 e. The number of carbonyl (C=O) groups is 1. The number of carboxylic acids is 1. The first-order valence-electron chi connectivity index (χ1n) is 5.23. The van der Waals surface area contributed by atoms with Crippen molar-refractivity contribution in [1.82, 2.24) is 0 Å². The Bertz CT molecular complexity index is 335. The molecule has 0 aliphatic rings. The predicted octanol–water partition coefficient (Wildman–Crippen LogP) is 2.90. The molecular weight excluding hydrogens is 211 g/mol. The van der Waals surface area contributed by atoms with Gasteiger partial charge < -0.3 is 9.84 Å². The van der Waals surface area contributed by atoms with E-state index in [0.717, 1.165) is 0 Å². The summed E-state index contributed by atoms with van der Waals surface area (Å²) < 4.78 is 18.1. The van der Waals surface area contributed by atoms with E-state index in [1.807, 2.05) is 0 Å². The minimum atomic E-state index is -0.971. The van der Waals surface area contributed by atoms with Crippen LogP contribution in [-0.2, 0) is 0 Å². The smallest absolute Gasteiger partial charge is 0.335 e. The van der Waals surface area contributed by atoms with E-state index in [1.54, 1.807) is 19.1 Å². The number of aromatic carboxylic acids is 1. The van der Waals surface area contributed by atoms with E-state index in [-0.39, 0.29) is 5.56 Å². The van der Waals surface area contributed by atoms with Crippen molar-refractivity contribution in [2.75, 3.05) is 6.61 Å². The first kappa shape index (κ1) is 12.5. The van der Waals surface area contributed by atoms with E-state index in [0.29, 0.717) is 25.2 Å². The number of benzene rings is 1. The number of hydrogen-bond acceptors (Lipinski definition) is 2. The SMILES string of the molecule is CCC(F)CCOc1ccc(C(=O)O)cc1. The van der Waals surface area contributed by atoms with Crippen molar-refractivity contribution >= 4 is 5.97 Å². The fourth-order valence-corrected chi connectivity index (χ4v) is 1.20. The zero-order valence-corrected chi connectivity index (χ0v) is 9.15. The molecule has 4 heteroatoms. The lowest BCUT2D eigenvalue weighted by molar-refractivity contribution is 0.0697. The average molecular weight is 226 g/mol. The highest BCUT2D eigenvalue weighted by Crippen LogP contribution is 2.13. The molecule has 88 valence electrons. The molecule has 0 heterocycles. The summed E-state index contributed by atoms with van der Waals surface area (Å²) in [6.45, 7) is 2.09. The molecule has 1 aromatic rings. The van der Waals surface area contributed by atoms with Gasteiger partial charge in [0.15, 0.2) is 0 Å². The molecule has 0 saturated heterocycles. The number of carboxylic acid groups (broad SMARTS) is 1. The van der Waals surface area contributed by atoms with Gasteiger partial charge in [0, 0.05) is 6.42 Å². The third kappa shape index (κ3) is 3.88. The van der Waals surface area contributed by atoms with Crippen LogP contribution in [0.25, 0.3) is 0 Å². The second kappa shape index (κ2) is 6.10. The Morgan fingerprint density at radius 2 is 2.06 bits per heavy atom. The molecule has 1 atom stereocenters. The van der Waals surface area contributed by atoms with E-state index in [1.165, 1.54) is 12.1 Å². The van der Waals surface area contributed by atoms with Crippen LogP contribution in [-0.4, -0.2) is 23.9 Å². The molecule has 0 aromatic heterocycles. The van der Waals surface area contributed by atoms with Gasteiger partial charge in [0.25, 0.3) is 0 Å². The molecule has 3 nitrogen and oxygen atoms in total. The Morgan fingerprint density at radius 1 is 1.44 bits per heavy atom. The van der Waals surface area contributed by atoms with E-state index in [2.05, 4.69) is 0 Å². The van der Waals surface area contributed by atoms with Crippen molar-refractivity contribution in [1.29, 1.82) is 0 Å². The van der Waals surface area contributed by atoms with Crippen molar-refractivity contribution < 1.29 is 19.0 Å². The monoisotopic (exact) mass is 226 g/mol. The maximum Gasteiger partial charge on any atom is 0.335 e. The summed E-state index contributed by atoms with van der Waals surface area (Å²) in [7, 11) is 0. The zero-order chi connectivity index (χ0) is 12.0. The van der Waals surface area contributed by atoms with Gasteiger partial charge in [-0.1, -0.05) is 6.92 Å². The maximum atomic E-state index is 12.8. The van der Waals surface area contributed by atoms with E-state index in [4.69, 9.17) is 9.84 Å². The lowest BCUT2D eigenvalue weighted by Crippen LogP contribution is -2.06. The van der Waals surface area contributed by atoms with Crippen LogP contribution in [0.15, 0.2) is 24.3 Å². The van der Waals surface area contributed by atoms with Crippen LogP contribution < -0.4 is 4.74 Å². The zero-order valence-electron chi connectivity index (χ0n) is 9.15. The molecule has 1 aromatic carbocycles. The van der Waals surface area contributed by atoms with Crippen LogP contribution in [0.3, 0.4) is 0 Å². The van der Waals surface area contributed by atoms with Crippen molar-refractivity contribution in [2.24, 2.45) is 0 Å². The van der Waals surface area contributed by atoms with E-state index >= 15 is 0 Å². The van der Waals surface area contributed by atoms with Crippen LogP contribution in [0.4, 0.5) is 4.39 Å². The quantitative estimate of drug-likeness (QED) is 0.811. The summed E-state index contributed by atoms with van der Waals surface area (Å²) in [4.78, 5) is 10.6. The number of rotatable bonds is 6. The van der Waals surface area contributed by atoms with Gasteiger partial charge in [0.2, 0.25) is 0 Å². The Morgan fingerprint density at radius 3 is 2.56 bits per heavy atom. The summed E-state index contributed by atoms with van der Waals surface area (Å²) in [5.74, 6) is -0.408. The van der Waals surface area contributed by atoms with Gasteiger partial charge in [0.05, 0.1) is 12.2 Å². The highest BCUT2D eigenvalue weighted by Gasteiger charge is 2.04. The van der Waals surface area contributed by atoms with Gasteiger partial charge >= 0.3 is 5.97 Å². The molecule has 0 amide bonds. The predicted molar refractivity (Wildman–Crippen MR) is 58.7 cm³/mol. The summed E-state index contributed by atoms with van der Waals surface area (Å²) in [6.07, 6.45) is 0.0108. The minimum Gasteiger partial charge on any atom is -0.493 e. The normalized spacial score (nSPS) is 12.1. The highest BCUT2D eigenvalue weighted by atomic mass is 19.1. The summed E-state index contributed by atoms with van der Waals surface area (Å²) >= 11 is 0. The van der Waals surface area contributed by atoms with Gasteiger partial charge in [-0.05, 0) is 30.7 Å². The Kier molecular flexibility index (Phi) is 4.76. The first-order chi connectivity index (χ1) is 7.63. The molecule has 0 saturated carbocycles. The fraction of sp³-hybridized carbons (Fsp3) is 0.417. The van der Waals surface area contributed by atoms with Crippen molar-refractivity contribution in [2.45, 2.75) is 25.9 Å². The van der Waals surface area contributed by atoms with Gasteiger partial charge in [-0.15, -0.1) is 0 Å². The molecule has 0 fully saturated rings. The third-order valence-electron chi connectivity index (χ3n) is 2.24. The Balaban J connectivity index is 2.40. The average Bonchev–Trinajstić information content (AvgIpc) is 2.29. The van der Waals surface area contributed by atoms with Crippen LogP contribution in [0.5, 0.6) is 5.75 Å². The van der Waals surface area contributed by atoms with Gasteiger partial charge in [-0.25, -0.2) is 9.18 Å². The second-order valence-corrected chi connectivity index (χ2v) is 3.47. The highest BCUT2D eigenvalue weighted by molar-refractivity contribution is 5.87. The standard InChI is InChI=1S/C12H15FO3/c1-2-10(13)7-8-16-11-5-3-9(4-6-11)12(14)15/h3-6,10H,2,7-8H2,1H3,(H,14,15). The van der Waals surface area contributed by atoms with Gasteiger partial charge in [0.1, 0.15) is 11.9 Å². The summed E-state index contributed by atoms with van der Waals surface area (Å²) in [5, 5.41) is 8.67. The molecule has 0 bridgehead atoms. The lowest BCUT2D eigenvalue weighted by Gasteiger charge is -2.08. The second-order valence-electron chi connectivity index (χ2n) is 3.47. The van der Waals surface area contributed by atoms with Gasteiger partial charge in [-0.3, -0.25) is 0 Å². The van der Waals surface area contributed by atoms with Crippen LogP contribution in [0, 0.1) is 0 Å². The topological polar surface area (TPSA) is 46.5 Å². The lowest BCUT2D eigenvalue weighted by atomic mass is 10.2. The molecule has 1 N–H and O–H groups in total. The van der Waals surface area contributed by atoms with E-state index < -0.39 is 12.1 Å². The molecule has 0 radical (unpaired) electrons. The summed E-state index contributed by atoms with van der Waals surface area (Å²) in [5.41, 5.74) is 0.212. The molecule has 16 heavy (non-hydrogen) atoms. The molecule has 0 aliphatic heterocycles. The van der Waals surface area contributed by atoms with Crippen LogP contribution in [0.1, 0.15) is 30.1 Å². The van der Waals surface area contributed by atoms with Crippen molar-refractivity contribution in [3.05, 3.63) is 29.8 Å². The van der Waals surface area contributed by atoms with Crippen LogP contribution in [0.2, 0.25) is 0 Å². The van der Waals surface area contributed by atoms with Crippen molar-refractivity contribution in [3.8, 4) is 5.75 Å². The minimum absolute atomic E-state index is 0.212. The Hall–Kier alpha value is -1.58. The molecule has 1 rings (SSSR count). The fourth-order valence-electron chi connectivity index (χ4n) is 1.20. The number of halogens is 1. The number of alkyl halides is 1. The third-order valence-corrected chi connectivity index (χ3v) is 2.24. The molecule has 1 unspecified atom stereocenters. The van der Waals surface area contributed by atoms with E-state index in [9.17, 15) is 9.18 Å². The number of ether oxygens (including phenoxy) is 1. The van der Waals surface area contributed by atoms with Gasteiger partial charge in [-0.2, -0.15) is 0 Å². The Labute approximate surface area is 93.9 Å². The molecule has 0 spiro atoms. The molecular formula is C12H15FO3. The van der Waals surface area contributed by atoms with Crippen LogP contribution >= 0.6 is 0 Å². The number of hydrogen-bond donors (Lipinski definition) is 1.